The summed E-state index contributed by atoms with van der Waals surface area (Å²) in [5, 5.41) is 15.8. The van der Waals surface area contributed by atoms with Crippen molar-refractivity contribution >= 4 is 22.6 Å². The van der Waals surface area contributed by atoms with E-state index in [0.717, 1.165) is 27.4 Å². The first-order chi connectivity index (χ1) is 16.5. The van der Waals surface area contributed by atoms with Gasteiger partial charge in [0.05, 0.1) is 30.9 Å². The zero-order valence-electron chi connectivity index (χ0n) is 18.8. The molecule has 5 rings (SSSR count). The quantitative estimate of drug-likeness (QED) is 0.386. The molecule has 0 radical (unpaired) electrons. The first kappa shape index (κ1) is 22.0. The van der Waals surface area contributed by atoms with Crippen molar-refractivity contribution in [2.24, 2.45) is 4.99 Å². The van der Waals surface area contributed by atoms with Gasteiger partial charge in [-0.2, -0.15) is 5.10 Å². The van der Waals surface area contributed by atoms with Gasteiger partial charge in [0.25, 0.3) is 0 Å². The van der Waals surface area contributed by atoms with Crippen molar-refractivity contribution in [1.29, 1.82) is 0 Å². The molecule has 0 aliphatic carbocycles. The topological polar surface area (TPSA) is 68.9 Å². The van der Waals surface area contributed by atoms with Gasteiger partial charge in [-0.25, -0.2) is 14.1 Å². The van der Waals surface area contributed by atoms with Crippen LogP contribution in [0, 0.1) is 12.7 Å². The van der Waals surface area contributed by atoms with Crippen LogP contribution in [0.15, 0.2) is 71.7 Å². The molecule has 0 spiro atoms. The number of aromatic hydroxyl groups is 1. The number of aromatic nitrogens is 2. The molecule has 0 amide bonds. The molecule has 2 heterocycles. The molecular formula is C26H22FN3O3S. The van der Waals surface area contributed by atoms with E-state index in [1.54, 1.807) is 28.6 Å². The molecule has 1 atom stereocenters. The standard InChI is InChI=1S/C26H22FN3O3S/c1-15-22-24(17-13-20(32-2)23(31)21(14-17)33-3)34-26(16-7-5-4-6-8-16)28-25(22)30(29-15)19-11-9-18(27)10-12-19/h4-14,24,31H,1-3H3/t24-/m0/s1. The van der Waals surface area contributed by atoms with E-state index in [1.807, 2.05) is 49.4 Å². The minimum absolute atomic E-state index is 0.0505. The third-order valence-electron chi connectivity index (χ3n) is 5.68. The van der Waals surface area contributed by atoms with Crippen LogP contribution >= 0.6 is 11.8 Å². The first-order valence-electron chi connectivity index (χ1n) is 10.6. The molecule has 0 saturated heterocycles. The lowest BCUT2D eigenvalue weighted by atomic mass is 10.0. The Morgan fingerprint density at radius 3 is 2.24 bits per heavy atom. The number of phenols is 1. The summed E-state index contributed by atoms with van der Waals surface area (Å²) in [6.45, 7) is 1.93. The third kappa shape index (κ3) is 3.80. The van der Waals surface area contributed by atoms with Gasteiger partial charge in [0.2, 0.25) is 5.75 Å². The normalized spacial score (nSPS) is 14.9. The summed E-state index contributed by atoms with van der Waals surface area (Å²) in [5.41, 5.74) is 4.31. The number of methoxy groups -OCH3 is 2. The molecule has 34 heavy (non-hydrogen) atoms. The number of rotatable bonds is 5. The summed E-state index contributed by atoms with van der Waals surface area (Å²) in [7, 11) is 3.01. The number of ether oxygens (including phenoxy) is 2. The molecule has 3 aromatic carbocycles. The smallest absolute Gasteiger partial charge is 0.200 e. The molecule has 1 aliphatic heterocycles. The minimum atomic E-state index is -0.313. The van der Waals surface area contributed by atoms with Crippen molar-refractivity contribution in [3.63, 3.8) is 0 Å². The van der Waals surface area contributed by atoms with Crippen molar-refractivity contribution in [1.82, 2.24) is 9.78 Å². The molecule has 0 bridgehead atoms. The fourth-order valence-electron chi connectivity index (χ4n) is 4.01. The number of halogens is 1. The maximum absolute atomic E-state index is 13.6. The van der Waals surface area contributed by atoms with Crippen LogP contribution < -0.4 is 9.47 Å². The second-order valence-electron chi connectivity index (χ2n) is 7.77. The van der Waals surface area contributed by atoms with Crippen LogP contribution in [-0.2, 0) is 0 Å². The molecule has 1 aliphatic rings. The largest absolute Gasteiger partial charge is 0.502 e. The van der Waals surface area contributed by atoms with Crippen LogP contribution in [0.1, 0.15) is 27.6 Å². The maximum atomic E-state index is 13.6. The maximum Gasteiger partial charge on any atom is 0.200 e. The molecule has 0 unspecified atom stereocenters. The highest BCUT2D eigenvalue weighted by molar-refractivity contribution is 8.14. The van der Waals surface area contributed by atoms with E-state index in [2.05, 4.69) is 0 Å². The SMILES string of the molecule is COc1cc([C@@H]2SC(c3ccccc3)=Nc3c2c(C)nn3-c2ccc(F)cc2)cc(OC)c1O. The lowest BCUT2D eigenvalue weighted by Crippen LogP contribution is -2.10. The van der Waals surface area contributed by atoms with E-state index in [0.29, 0.717) is 23.0 Å². The van der Waals surface area contributed by atoms with Gasteiger partial charge in [-0.1, -0.05) is 42.1 Å². The number of thioether (sulfide) groups is 1. The predicted molar refractivity (Wildman–Crippen MR) is 132 cm³/mol. The molecule has 0 fully saturated rings. The van der Waals surface area contributed by atoms with Gasteiger partial charge in [-0.15, -0.1) is 0 Å². The molecule has 4 aromatic rings. The Balaban J connectivity index is 1.74. The van der Waals surface area contributed by atoms with Crippen molar-refractivity contribution in [2.75, 3.05) is 14.2 Å². The number of hydrogen-bond acceptors (Lipinski definition) is 6. The summed E-state index contributed by atoms with van der Waals surface area (Å²) >= 11 is 1.59. The van der Waals surface area contributed by atoms with E-state index in [9.17, 15) is 9.50 Å². The summed E-state index contributed by atoms with van der Waals surface area (Å²) in [6, 6.07) is 19.7. The fourth-order valence-corrected chi connectivity index (χ4v) is 5.31. The number of aryl methyl sites for hydroxylation is 1. The van der Waals surface area contributed by atoms with Crippen LogP contribution in [0.4, 0.5) is 10.2 Å². The summed E-state index contributed by atoms with van der Waals surface area (Å²) < 4.78 is 26.1. The zero-order valence-corrected chi connectivity index (χ0v) is 19.6. The van der Waals surface area contributed by atoms with Crippen molar-refractivity contribution in [3.05, 3.63) is 94.9 Å². The average Bonchev–Trinajstić information content (AvgIpc) is 3.21. The van der Waals surface area contributed by atoms with Gasteiger partial charge in [-0.05, 0) is 48.9 Å². The lowest BCUT2D eigenvalue weighted by molar-refractivity contribution is 0.339. The van der Waals surface area contributed by atoms with E-state index in [4.69, 9.17) is 19.6 Å². The minimum Gasteiger partial charge on any atom is -0.502 e. The lowest BCUT2D eigenvalue weighted by Gasteiger charge is -2.24. The molecule has 1 N–H and O–H groups in total. The number of phenolic OH excluding ortho intramolecular Hbond substituents is 1. The highest BCUT2D eigenvalue weighted by atomic mass is 32.2. The van der Waals surface area contributed by atoms with Crippen LogP contribution in [0.3, 0.4) is 0 Å². The van der Waals surface area contributed by atoms with Crippen LogP contribution in [0.25, 0.3) is 5.69 Å². The van der Waals surface area contributed by atoms with Crippen molar-refractivity contribution in [2.45, 2.75) is 12.2 Å². The summed E-state index contributed by atoms with van der Waals surface area (Å²) in [6.07, 6.45) is 0. The Hall–Kier alpha value is -3.78. The molecule has 8 heteroatoms. The second-order valence-corrected chi connectivity index (χ2v) is 8.86. The van der Waals surface area contributed by atoms with E-state index in [1.165, 1.54) is 26.4 Å². The Morgan fingerprint density at radius 2 is 1.62 bits per heavy atom. The number of fused-ring (bicyclic) bond motifs is 1. The summed E-state index contributed by atoms with van der Waals surface area (Å²) in [5.74, 6) is 0.961. The third-order valence-corrected chi connectivity index (χ3v) is 6.97. The van der Waals surface area contributed by atoms with Crippen molar-refractivity contribution < 1.29 is 19.0 Å². The van der Waals surface area contributed by atoms with Gasteiger partial charge < -0.3 is 14.6 Å². The monoisotopic (exact) mass is 475 g/mol. The highest BCUT2D eigenvalue weighted by Crippen LogP contribution is 2.51. The van der Waals surface area contributed by atoms with Crippen molar-refractivity contribution in [3.8, 4) is 22.9 Å². The van der Waals surface area contributed by atoms with E-state index < -0.39 is 0 Å². The van der Waals surface area contributed by atoms with Crippen LogP contribution in [0.5, 0.6) is 17.2 Å². The zero-order chi connectivity index (χ0) is 23.8. The Labute approximate surface area is 200 Å². The molecule has 0 saturated carbocycles. The van der Waals surface area contributed by atoms with E-state index in [-0.39, 0.29) is 16.8 Å². The van der Waals surface area contributed by atoms with E-state index >= 15 is 0 Å². The van der Waals surface area contributed by atoms with Crippen LogP contribution in [-0.4, -0.2) is 34.2 Å². The van der Waals surface area contributed by atoms with Gasteiger partial charge in [0.15, 0.2) is 17.3 Å². The number of hydrogen-bond donors (Lipinski definition) is 1. The van der Waals surface area contributed by atoms with Gasteiger partial charge >= 0.3 is 0 Å². The molecule has 172 valence electrons. The molecular weight excluding hydrogens is 453 g/mol. The Kier molecular flexibility index (Phi) is 5.75. The molecule has 1 aromatic heterocycles. The second kappa shape index (κ2) is 8.87. The molecule has 6 nitrogen and oxygen atoms in total. The fraction of sp³-hybridized carbons (Fsp3) is 0.154. The highest BCUT2D eigenvalue weighted by Gasteiger charge is 2.33. The van der Waals surface area contributed by atoms with Gasteiger partial charge in [-0.3, -0.25) is 0 Å². The number of nitrogens with zero attached hydrogens (tertiary/aromatic N) is 3. The number of benzene rings is 3. The Morgan fingerprint density at radius 1 is 0.971 bits per heavy atom. The average molecular weight is 476 g/mol. The number of aliphatic imine (C=N–C) groups is 1. The Bertz CT molecular complexity index is 1360. The van der Waals surface area contributed by atoms with Gasteiger partial charge in [0, 0.05) is 11.1 Å². The van der Waals surface area contributed by atoms with Gasteiger partial charge in [0.1, 0.15) is 10.9 Å². The first-order valence-corrected chi connectivity index (χ1v) is 11.5. The summed E-state index contributed by atoms with van der Waals surface area (Å²) in [4.78, 5) is 4.99. The van der Waals surface area contributed by atoms with Crippen LogP contribution in [0.2, 0.25) is 0 Å². The predicted octanol–water partition coefficient (Wildman–Crippen LogP) is 5.96.